The first-order valence-electron chi connectivity index (χ1n) is 8.23. The molecule has 1 aromatic carbocycles. The number of amides is 1. The largest absolute Gasteiger partial charge is 0.352 e. The molecule has 2 bridgehead atoms. The molecule has 3 N–H and O–H groups in total. The van der Waals surface area contributed by atoms with Gasteiger partial charge in [-0.3, -0.25) is 4.79 Å². The average molecular weight is 286 g/mol. The fraction of sp³-hybridized carbons (Fsp3) is 0.611. The molecule has 21 heavy (non-hydrogen) atoms. The Kier molecular flexibility index (Phi) is 4.29. The van der Waals surface area contributed by atoms with Crippen LogP contribution in [0.1, 0.15) is 38.2 Å². The van der Waals surface area contributed by atoms with Crippen molar-refractivity contribution in [2.24, 2.45) is 23.5 Å². The topological polar surface area (TPSA) is 55.1 Å². The third-order valence-electron chi connectivity index (χ3n) is 5.44. The Morgan fingerprint density at radius 1 is 1.29 bits per heavy atom. The lowest BCUT2D eigenvalue weighted by molar-refractivity contribution is -0.123. The molecule has 0 aromatic heterocycles. The van der Waals surface area contributed by atoms with Gasteiger partial charge in [-0.15, -0.1) is 0 Å². The number of carbonyl (C=O) groups is 1. The number of nitrogens with one attached hydrogen (secondary N) is 1. The standard InChI is InChI=1S/C18H26N2O/c1-12(16-10-14-7-8-15(16)9-14)20-18(21)17(19)11-13-5-3-2-4-6-13/h2-6,12,14-17H,7-11,19H2,1H3,(H,20,21)/t12?,14?,15?,16?,17-/m0/s1. The molecule has 0 saturated heterocycles. The van der Waals surface area contributed by atoms with Crippen molar-refractivity contribution >= 4 is 5.91 Å². The molecule has 0 radical (unpaired) electrons. The summed E-state index contributed by atoms with van der Waals surface area (Å²) in [5.41, 5.74) is 7.18. The molecule has 4 unspecified atom stereocenters. The summed E-state index contributed by atoms with van der Waals surface area (Å²) in [6.07, 6.45) is 6.03. The van der Waals surface area contributed by atoms with Gasteiger partial charge < -0.3 is 11.1 Å². The van der Waals surface area contributed by atoms with Crippen LogP contribution < -0.4 is 11.1 Å². The lowest BCUT2D eigenvalue weighted by Gasteiger charge is -2.29. The molecule has 1 aromatic rings. The molecular weight excluding hydrogens is 260 g/mol. The Bertz CT molecular complexity index is 487. The minimum atomic E-state index is -0.451. The van der Waals surface area contributed by atoms with Crippen LogP contribution in [-0.4, -0.2) is 18.0 Å². The van der Waals surface area contributed by atoms with Crippen molar-refractivity contribution in [2.75, 3.05) is 0 Å². The highest BCUT2D eigenvalue weighted by Crippen LogP contribution is 2.49. The number of benzene rings is 1. The van der Waals surface area contributed by atoms with Crippen LogP contribution in [0.4, 0.5) is 0 Å². The smallest absolute Gasteiger partial charge is 0.237 e. The second kappa shape index (κ2) is 6.18. The van der Waals surface area contributed by atoms with E-state index in [2.05, 4.69) is 12.2 Å². The Morgan fingerprint density at radius 2 is 2.05 bits per heavy atom. The minimum absolute atomic E-state index is 0.00544. The van der Waals surface area contributed by atoms with Crippen molar-refractivity contribution < 1.29 is 4.79 Å². The third kappa shape index (κ3) is 3.29. The quantitative estimate of drug-likeness (QED) is 0.874. The molecule has 0 aliphatic heterocycles. The van der Waals surface area contributed by atoms with Gasteiger partial charge in [-0.1, -0.05) is 36.8 Å². The lowest BCUT2D eigenvalue weighted by atomic mass is 9.84. The van der Waals surface area contributed by atoms with E-state index in [-0.39, 0.29) is 11.9 Å². The van der Waals surface area contributed by atoms with Gasteiger partial charge in [0.05, 0.1) is 6.04 Å². The number of hydrogen-bond acceptors (Lipinski definition) is 2. The predicted molar refractivity (Wildman–Crippen MR) is 84.7 cm³/mol. The predicted octanol–water partition coefficient (Wildman–Crippen LogP) is 2.50. The van der Waals surface area contributed by atoms with Gasteiger partial charge in [0, 0.05) is 6.04 Å². The van der Waals surface area contributed by atoms with Gasteiger partial charge in [0.1, 0.15) is 0 Å². The number of fused-ring (bicyclic) bond motifs is 2. The first-order valence-corrected chi connectivity index (χ1v) is 8.23. The fourth-order valence-corrected chi connectivity index (χ4v) is 4.31. The van der Waals surface area contributed by atoms with Gasteiger partial charge in [0.2, 0.25) is 5.91 Å². The van der Waals surface area contributed by atoms with Gasteiger partial charge >= 0.3 is 0 Å². The van der Waals surface area contributed by atoms with Crippen molar-refractivity contribution in [3.05, 3.63) is 35.9 Å². The highest BCUT2D eigenvalue weighted by molar-refractivity contribution is 5.82. The van der Waals surface area contributed by atoms with Crippen molar-refractivity contribution in [1.29, 1.82) is 0 Å². The summed E-state index contributed by atoms with van der Waals surface area (Å²) >= 11 is 0. The van der Waals surface area contributed by atoms with Crippen LogP contribution in [0.25, 0.3) is 0 Å². The van der Waals surface area contributed by atoms with E-state index in [4.69, 9.17) is 5.73 Å². The van der Waals surface area contributed by atoms with Crippen LogP contribution in [0.5, 0.6) is 0 Å². The van der Waals surface area contributed by atoms with E-state index >= 15 is 0 Å². The second-order valence-corrected chi connectivity index (χ2v) is 6.93. The van der Waals surface area contributed by atoms with E-state index < -0.39 is 6.04 Å². The second-order valence-electron chi connectivity index (χ2n) is 6.93. The molecule has 3 rings (SSSR count). The molecule has 0 spiro atoms. The maximum atomic E-state index is 12.3. The van der Waals surface area contributed by atoms with Crippen molar-refractivity contribution in [3.63, 3.8) is 0 Å². The zero-order valence-corrected chi connectivity index (χ0v) is 12.8. The highest BCUT2D eigenvalue weighted by atomic mass is 16.2. The Balaban J connectivity index is 1.51. The van der Waals surface area contributed by atoms with Crippen LogP contribution >= 0.6 is 0 Å². The maximum Gasteiger partial charge on any atom is 0.237 e. The van der Waals surface area contributed by atoms with Crippen molar-refractivity contribution in [3.8, 4) is 0 Å². The molecule has 2 aliphatic carbocycles. The van der Waals surface area contributed by atoms with Crippen LogP contribution in [0.3, 0.4) is 0 Å². The normalized spacial score (nSPS) is 30.1. The molecule has 3 heteroatoms. The average Bonchev–Trinajstić information content (AvgIpc) is 3.11. The summed E-state index contributed by atoms with van der Waals surface area (Å²) in [5, 5.41) is 3.16. The van der Waals surface area contributed by atoms with Crippen LogP contribution in [0.15, 0.2) is 30.3 Å². The van der Waals surface area contributed by atoms with Gasteiger partial charge in [-0.2, -0.15) is 0 Å². The van der Waals surface area contributed by atoms with E-state index in [9.17, 15) is 4.79 Å². The summed E-state index contributed by atoms with van der Waals surface area (Å²) in [7, 11) is 0. The number of nitrogens with two attached hydrogens (primary N) is 1. The summed E-state index contributed by atoms with van der Waals surface area (Å²) in [6.45, 7) is 2.15. The maximum absolute atomic E-state index is 12.3. The van der Waals surface area contributed by atoms with E-state index in [1.165, 1.54) is 25.7 Å². The molecule has 114 valence electrons. The molecule has 1 amide bonds. The van der Waals surface area contributed by atoms with Crippen LogP contribution in [0.2, 0.25) is 0 Å². The molecule has 5 atom stereocenters. The van der Waals surface area contributed by atoms with Gasteiger partial charge in [0.25, 0.3) is 0 Å². The number of carbonyl (C=O) groups excluding carboxylic acids is 1. The zero-order valence-electron chi connectivity index (χ0n) is 12.8. The highest BCUT2D eigenvalue weighted by Gasteiger charge is 2.42. The Morgan fingerprint density at radius 3 is 2.67 bits per heavy atom. The van der Waals surface area contributed by atoms with Crippen molar-refractivity contribution in [2.45, 2.75) is 51.1 Å². The summed E-state index contributed by atoms with van der Waals surface area (Å²) in [5.74, 6) is 2.40. The first kappa shape index (κ1) is 14.6. The number of hydrogen-bond donors (Lipinski definition) is 2. The molecular formula is C18H26N2O. The third-order valence-corrected chi connectivity index (χ3v) is 5.44. The molecule has 2 aliphatic rings. The Hall–Kier alpha value is -1.35. The summed E-state index contributed by atoms with van der Waals surface area (Å²) in [6, 6.07) is 9.80. The van der Waals surface area contributed by atoms with E-state index in [1.54, 1.807) is 0 Å². The van der Waals surface area contributed by atoms with Gasteiger partial charge in [0.15, 0.2) is 0 Å². The zero-order chi connectivity index (χ0) is 14.8. The number of rotatable bonds is 5. The van der Waals surface area contributed by atoms with Gasteiger partial charge in [-0.05, 0) is 55.9 Å². The van der Waals surface area contributed by atoms with Crippen molar-refractivity contribution in [1.82, 2.24) is 5.32 Å². The van der Waals surface area contributed by atoms with Crippen LogP contribution in [-0.2, 0) is 11.2 Å². The minimum Gasteiger partial charge on any atom is -0.352 e. The van der Waals surface area contributed by atoms with Crippen LogP contribution in [0, 0.1) is 17.8 Å². The van der Waals surface area contributed by atoms with E-state index in [0.717, 1.165) is 17.4 Å². The summed E-state index contributed by atoms with van der Waals surface area (Å²) < 4.78 is 0. The van der Waals surface area contributed by atoms with E-state index in [0.29, 0.717) is 12.3 Å². The summed E-state index contributed by atoms with van der Waals surface area (Å²) in [4.78, 5) is 12.3. The van der Waals surface area contributed by atoms with Gasteiger partial charge in [-0.25, -0.2) is 0 Å². The molecule has 2 fully saturated rings. The van der Waals surface area contributed by atoms with E-state index in [1.807, 2.05) is 30.3 Å². The first-order chi connectivity index (χ1) is 10.1. The molecule has 3 nitrogen and oxygen atoms in total. The molecule has 0 heterocycles. The molecule has 2 saturated carbocycles. The Labute approximate surface area is 127 Å². The fourth-order valence-electron chi connectivity index (χ4n) is 4.31. The lowest BCUT2D eigenvalue weighted by Crippen LogP contribution is -2.48. The monoisotopic (exact) mass is 286 g/mol. The SMILES string of the molecule is CC(NC(=O)[C@@H](N)Cc1ccccc1)C1CC2CCC1C2.